The number of benzene rings is 1. The third-order valence-corrected chi connectivity index (χ3v) is 8.93. The monoisotopic (exact) mass is 362 g/mol. The molecule has 0 bridgehead atoms. The topological polar surface area (TPSA) is 42.4 Å². The van der Waals surface area contributed by atoms with Gasteiger partial charge in [-0.2, -0.15) is 0 Å². The van der Waals surface area contributed by atoms with Gasteiger partial charge in [-0.15, -0.1) is 11.3 Å². The van der Waals surface area contributed by atoms with Gasteiger partial charge in [0.2, 0.25) is 0 Å². The highest BCUT2D eigenvalue weighted by Crippen LogP contribution is 2.27. The summed E-state index contributed by atoms with van der Waals surface area (Å²) in [4.78, 5) is 18.2. The molecule has 0 unspecified atom stereocenters. The van der Waals surface area contributed by atoms with E-state index in [-0.39, 0.29) is 5.91 Å². The van der Waals surface area contributed by atoms with Gasteiger partial charge in [0.1, 0.15) is 5.01 Å². The fraction of sp³-hybridized carbons (Fsp3) is 0.444. The van der Waals surface area contributed by atoms with Crippen LogP contribution in [0.2, 0.25) is 18.6 Å². The van der Waals surface area contributed by atoms with Crippen molar-refractivity contribution >= 4 is 25.6 Å². The number of hydrogen-bond donors (Lipinski definition) is 0. The maximum atomic E-state index is 11.9. The van der Waals surface area contributed by atoms with E-state index in [9.17, 15) is 4.79 Å². The van der Waals surface area contributed by atoms with E-state index in [0.29, 0.717) is 17.7 Å². The van der Waals surface area contributed by atoms with Crippen LogP contribution in [-0.2, 0) is 11.0 Å². The second kappa shape index (κ2) is 7.59. The number of rotatable bonds is 6. The van der Waals surface area contributed by atoms with E-state index in [1.807, 2.05) is 24.3 Å². The van der Waals surface area contributed by atoms with E-state index in [1.165, 1.54) is 0 Å². The van der Waals surface area contributed by atoms with Gasteiger partial charge in [-0.05, 0) is 30.8 Å². The number of amides is 1. The number of carbonyl (C=O) groups excluding carboxylic acids is 1. The minimum Gasteiger partial charge on any atom is -0.411 e. The van der Waals surface area contributed by atoms with Gasteiger partial charge in [0.25, 0.3) is 5.91 Å². The van der Waals surface area contributed by atoms with Crippen molar-refractivity contribution in [3.05, 3.63) is 40.9 Å². The molecule has 0 saturated heterocycles. The fourth-order valence-corrected chi connectivity index (χ4v) is 3.61. The van der Waals surface area contributed by atoms with E-state index in [1.54, 1.807) is 30.3 Å². The van der Waals surface area contributed by atoms with Crippen LogP contribution in [0, 0.1) is 0 Å². The molecule has 4 nitrogen and oxygen atoms in total. The summed E-state index contributed by atoms with van der Waals surface area (Å²) in [6.45, 7) is 9.49. The number of thiazole rings is 1. The molecule has 0 atom stereocenters. The molecule has 0 N–H and O–H groups in total. The molecule has 1 amide bonds. The average molecular weight is 363 g/mol. The second-order valence-electron chi connectivity index (χ2n) is 6.97. The molecular weight excluding hydrogens is 336 g/mol. The first kappa shape index (κ1) is 18.8. The van der Waals surface area contributed by atoms with E-state index in [0.717, 1.165) is 16.3 Å². The molecule has 1 heterocycles. The quantitative estimate of drug-likeness (QED) is 0.703. The third-order valence-electron chi connectivity index (χ3n) is 4.32. The van der Waals surface area contributed by atoms with Crippen LogP contribution in [0.1, 0.15) is 29.9 Å². The highest BCUT2D eigenvalue weighted by Gasteiger charge is 2.27. The SMILES string of the molecule is CC(C)[Si](C)(C)OCc1csc(-c2ccc(C(=O)N(C)C)cc2)n1. The first-order valence-electron chi connectivity index (χ1n) is 8.11. The maximum Gasteiger partial charge on any atom is 0.253 e. The van der Waals surface area contributed by atoms with Gasteiger partial charge >= 0.3 is 0 Å². The zero-order valence-corrected chi connectivity index (χ0v) is 17.1. The van der Waals surface area contributed by atoms with Crippen molar-refractivity contribution in [3.8, 4) is 10.6 Å². The van der Waals surface area contributed by atoms with E-state index >= 15 is 0 Å². The summed E-state index contributed by atoms with van der Waals surface area (Å²) in [6, 6.07) is 7.61. The van der Waals surface area contributed by atoms with Crippen LogP contribution < -0.4 is 0 Å². The molecule has 0 aliphatic heterocycles. The minimum atomic E-state index is -1.64. The van der Waals surface area contributed by atoms with Crippen molar-refractivity contribution in [2.24, 2.45) is 0 Å². The molecule has 1 aromatic carbocycles. The Labute approximate surface area is 149 Å². The molecular formula is C18H26N2O2SSi. The molecule has 2 rings (SSSR count). The van der Waals surface area contributed by atoms with Crippen molar-refractivity contribution in [2.75, 3.05) is 14.1 Å². The lowest BCUT2D eigenvalue weighted by atomic mass is 10.1. The second-order valence-corrected chi connectivity index (χ2v) is 12.5. The molecule has 0 fully saturated rings. The van der Waals surface area contributed by atoms with E-state index in [2.05, 4.69) is 37.3 Å². The standard InChI is InChI=1S/C18H26N2O2SSi/c1-13(2)24(5,6)22-11-16-12-23-17(19-16)14-7-9-15(10-8-14)18(21)20(3)4/h7-10,12-13H,11H2,1-6H3. The van der Waals surface area contributed by atoms with Gasteiger partial charge in [-0.1, -0.05) is 26.0 Å². The Morgan fingerprint density at radius 3 is 2.42 bits per heavy atom. The Morgan fingerprint density at radius 2 is 1.88 bits per heavy atom. The lowest BCUT2D eigenvalue weighted by molar-refractivity contribution is 0.0827. The predicted octanol–water partition coefficient (Wildman–Crippen LogP) is 4.64. The zero-order chi connectivity index (χ0) is 17.9. The van der Waals surface area contributed by atoms with Crippen LogP contribution in [0.25, 0.3) is 10.6 Å². The molecule has 24 heavy (non-hydrogen) atoms. The third kappa shape index (κ3) is 4.52. The molecule has 0 aliphatic rings. The van der Waals surface area contributed by atoms with E-state index < -0.39 is 8.32 Å². The Morgan fingerprint density at radius 1 is 1.25 bits per heavy atom. The van der Waals surface area contributed by atoms with E-state index in [4.69, 9.17) is 4.43 Å². The van der Waals surface area contributed by atoms with Gasteiger partial charge in [-0.3, -0.25) is 4.79 Å². The lowest BCUT2D eigenvalue weighted by Crippen LogP contribution is -2.33. The molecule has 1 aromatic heterocycles. The van der Waals surface area contributed by atoms with Gasteiger partial charge in [0, 0.05) is 30.6 Å². The molecule has 2 aromatic rings. The van der Waals surface area contributed by atoms with Crippen LogP contribution in [0.3, 0.4) is 0 Å². The number of aromatic nitrogens is 1. The van der Waals surface area contributed by atoms with Crippen molar-refractivity contribution in [2.45, 2.75) is 39.1 Å². The van der Waals surface area contributed by atoms with Gasteiger partial charge in [-0.25, -0.2) is 4.98 Å². The summed E-state index contributed by atoms with van der Waals surface area (Å²) >= 11 is 1.61. The predicted molar refractivity (Wildman–Crippen MR) is 103 cm³/mol. The summed E-state index contributed by atoms with van der Waals surface area (Å²) < 4.78 is 6.14. The highest BCUT2D eigenvalue weighted by molar-refractivity contribution is 7.13. The highest BCUT2D eigenvalue weighted by atomic mass is 32.1. The normalized spacial score (nSPS) is 11.8. The Bertz CT molecular complexity index is 693. The van der Waals surface area contributed by atoms with Crippen molar-refractivity contribution < 1.29 is 9.22 Å². The molecule has 0 radical (unpaired) electrons. The molecule has 130 valence electrons. The van der Waals surface area contributed by atoms with Gasteiger partial charge in [0.05, 0.1) is 12.3 Å². The number of hydrogen-bond acceptors (Lipinski definition) is 4. The average Bonchev–Trinajstić information content (AvgIpc) is 3.01. The van der Waals surface area contributed by atoms with Crippen LogP contribution in [0.15, 0.2) is 29.6 Å². The smallest absolute Gasteiger partial charge is 0.253 e. The lowest BCUT2D eigenvalue weighted by Gasteiger charge is -2.26. The molecule has 0 saturated carbocycles. The van der Waals surface area contributed by atoms with Crippen molar-refractivity contribution in [1.29, 1.82) is 0 Å². The Hall–Kier alpha value is -1.50. The van der Waals surface area contributed by atoms with Crippen molar-refractivity contribution in [3.63, 3.8) is 0 Å². The molecule has 0 aliphatic carbocycles. The van der Waals surface area contributed by atoms with Gasteiger partial charge < -0.3 is 9.33 Å². The maximum absolute atomic E-state index is 11.9. The van der Waals surface area contributed by atoms with Crippen LogP contribution in [0.5, 0.6) is 0 Å². The summed E-state index contributed by atoms with van der Waals surface area (Å²) in [5.74, 6) is 0.00986. The summed E-state index contributed by atoms with van der Waals surface area (Å²) in [6.07, 6.45) is 0. The zero-order valence-electron chi connectivity index (χ0n) is 15.3. The minimum absolute atomic E-state index is 0.00986. The first-order chi connectivity index (χ1) is 11.2. The Balaban J connectivity index is 2.06. The molecule has 6 heteroatoms. The van der Waals surface area contributed by atoms with Crippen LogP contribution in [-0.4, -0.2) is 38.2 Å². The first-order valence-corrected chi connectivity index (χ1v) is 12.0. The van der Waals surface area contributed by atoms with Crippen LogP contribution in [0.4, 0.5) is 0 Å². The number of carbonyl (C=O) groups is 1. The fourth-order valence-electron chi connectivity index (χ4n) is 1.95. The van der Waals surface area contributed by atoms with Crippen molar-refractivity contribution in [1.82, 2.24) is 9.88 Å². The number of nitrogens with zero attached hydrogens (tertiary/aromatic N) is 2. The van der Waals surface area contributed by atoms with Gasteiger partial charge in [0.15, 0.2) is 8.32 Å². The Kier molecular flexibility index (Phi) is 5.95. The van der Waals surface area contributed by atoms with Crippen LogP contribution >= 0.6 is 11.3 Å². The summed E-state index contributed by atoms with van der Waals surface area (Å²) in [5.41, 5.74) is 3.28. The molecule has 0 spiro atoms. The largest absolute Gasteiger partial charge is 0.411 e. The summed E-state index contributed by atoms with van der Waals surface area (Å²) in [7, 11) is 1.87. The summed E-state index contributed by atoms with van der Waals surface area (Å²) in [5, 5.41) is 3.01.